The zero-order valence-corrected chi connectivity index (χ0v) is 16.5. The molecule has 2 aromatic rings. The summed E-state index contributed by atoms with van der Waals surface area (Å²) in [6, 6.07) is 9.49. The molecule has 144 valence electrons. The molecule has 2 N–H and O–H groups in total. The minimum absolute atomic E-state index is 0.0212. The van der Waals surface area contributed by atoms with Gasteiger partial charge in [0.1, 0.15) is 5.08 Å². The second-order valence-electron chi connectivity index (χ2n) is 5.35. The third-order valence-corrected chi connectivity index (χ3v) is 6.20. The molecular weight excluding hydrogens is 388 g/mol. The van der Waals surface area contributed by atoms with Crippen molar-refractivity contribution in [1.29, 1.82) is 0 Å². The molecule has 0 aliphatic heterocycles. The highest BCUT2D eigenvalue weighted by Gasteiger charge is 2.04. The van der Waals surface area contributed by atoms with Crippen LogP contribution in [0.3, 0.4) is 0 Å². The van der Waals surface area contributed by atoms with E-state index in [2.05, 4.69) is 0 Å². The van der Waals surface area contributed by atoms with Crippen molar-refractivity contribution < 1.29 is 28.1 Å². The van der Waals surface area contributed by atoms with Crippen molar-refractivity contribution in [2.45, 2.75) is 0 Å². The third kappa shape index (κ3) is 6.26. The van der Waals surface area contributed by atoms with E-state index < -0.39 is 21.6 Å². The molecule has 2 aromatic carbocycles. The van der Waals surface area contributed by atoms with Gasteiger partial charge in [0.15, 0.2) is 23.0 Å². The van der Waals surface area contributed by atoms with Gasteiger partial charge >= 0.3 is 0 Å². The largest absolute Gasteiger partial charge is 0.504 e. The Hall–Kier alpha value is -2.58. The van der Waals surface area contributed by atoms with E-state index in [9.17, 15) is 18.6 Å². The highest BCUT2D eigenvalue weighted by Crippen LogP contribution is 2.27. The number of methoxy groups -OCH3 is 2. The lowest BCUT2D eigenvalue weighted by Gasteiger charge is -2.03. The van der Waals surface area contributed by atoms with Crippen LogP contribution in [0, 0.1) is 0 Å². The Morgan fingerprint density at radius 1 is 0.815 bits per heavy atom. The molecule has 0 radical (unpaired) electrons. The molecule has 6 nitrogen and oxygen atoms in total. The SMILES string of the molecule is COc1cc(/C=C\S(=O)CS(=O)/C=C/c2ccc(O)c(OC)c2)ccc1O. The Labute approximate surface area is 162 Å². The van der Waals surface area contributed by atoms with Crippen molar-refractivity contribution in [2.75, 3.05) is 19.3 Å². The van der Waals surface area contributed by atoms with Crippen molar-refractivity contribution in [1.82, 2.24) is 0 Å². The van der Waals surface area contributed by atoms with Crippen LogP contribution in [0.2, 0.25) is 0 Å². The Bertz CT molecular complexity index is 832. The zero-order valence-electron chi connectivity index (χ0n) is 14.8. The van der Waals surface area contributed by atoms with E-state index in [0.717, 1.165) is 0 Å². The molecule has 0 saturated heterocycles. The van der Waals surface area contributed by atoms with Gasteiger partial charge in [-0.05, 0) is 47.5 Å². The molecule has 2 rings (SSSR count). The van der Waals surface area contributed by atoms with Crippen LogP contribution in [-0.4, -0.2) is 37.9 Å². The number of benzene rings is 2. The summed E-state index contributed by atoms with van der Waals surface area (Å²) >= 11 is 0. The fourth-order valence-corrected chi connectivity index (χ4v) is 4.26. The van der Waals surface area contributed by atoms with Crippen LogP contribution in [-0.2, 0) is 21.6 Å². The number of ether oxygens (including phenoxy) is 2. The summed E-state index contributed by atoms with van der Waals surface area (Å²) in [4.78, 5) is 0. The maximum absolute atomic E-state index is 12.1. The average Bonchev–Trinajstić information content (AvgIpc) is 2.66. The van der Waals surface area contributed by atoms with E-state index in [1.165, 1.54) is 37.2 Å². The van der Waals surface area contributed by atoms with Crippen LogP contribution in [0.25, 0.3) is 12.2 Å². The lowest BCUT2D eigenvalue weighted by molar-refractivity contribution is 0.373. The van der Waals surface area contributed by atoms with Crippen molar-refractivity contribution in [3.05, 3.63) is 58.3 Å². The summed E-state index contributed by atoms with van der Waals surface area (Å²) in [7, 11) is 0.0246. The average molecular weight is 408 g/mol. The maximum Gasteiger partial charge on any atom is 0.161 e. The number of phenolic OH excluding ortho intramolecular Hbond substituents is 2. The zero-order chi connectivity index (χ0) is 19.8. The van der Waals surface area contributed by atoms with Gasteiger partial charge in [-0.1, -0.05) is 12.1 Å². The summed E-state index contributed by atoms with van der Waals surface area (Å²) in [5.41, 5.74) is 1.41. The molecule has 0 aliphatic rings. The molecule has 8 heteroatoms. The van der Waals surface area contributed by atoms with Gasteiger partial charge in [0, 0.05) is 10.8 Å². The van der Waals surface area contributed by atoms with E-state index in [1.807, 2.05) is 0 Å². The molecule has 2 atom stereocenters. The van der Waals surface area contributed by atoms with Gasteiger partial charge in [-0.3, -0.25) is 8.42 Å². The summed E-state index contributed by atoms with van der Waals surface area (Å²) in [5, 5.41) is 22.0. The van der Waals surface area contributed by atoms with Crippen LogP contribution in [0.1, 0.15) is 11.1 Å². The summed E-state index contributed by atoms with van der Waals surface area (Å²) in [5.74, 6) is 0.679. The summed E-state index contributed by atoms with van der Waals surface area (Å²) in [6.45, 7) is 0. The summed E-state index contributed by atoms with van der Waals surface area (Å²) < 4.78 is 34.2. The second-order valence-corrected chi connectivity index (χ2v) is 8.36. The number of phenols is 2. The Morgan fingerprint density at radius 2 is 1.22 bits per heavy atom. The summed E-state index contributed by atoms with van der Waals surface area (Å²) in [6.07, 6.45) is 3.23. The Kier molecular flexibility index (Phi) is 7.63. The molecule has 0 saturated carbocycles. The van der Waals surface area contributed by atoms with Crippen LogP contribution in [0.15, 0.2) is 47.2 Å². The van der Waals surface area contributed by atoms with Crippen LogP contribution in [0.5, 0.6) is 23.0 Å². The Morgan fingerprint density at radius 3 is 1.59 bits per heavy atom. The third-order valence-electron chi connectivity index (χ3n) is 3.46. The van der Waals surface area contributed by atoms with Gasteiger partial charge in [-0.25, -0.2) is 0 Å². The van der Waals surface area contributed by atoms with Crippen molar-refractivity contribution in [2.24, 2.45) is 0 Å². The maximum atomic E-state index is 12.1. The molecule has 0 spiro atoms. The molecular formula is C19H20O6S2. The van der Waals surface area contributed by atoms with Gasteiger partial charge in [-0.2, -0.15) is 0 Å². The van der Waals surface area contributed by atoms with E-state index in [4.69, 9.17) is 9.47 Å². The fourth-order valence-electron chi connectivity index (χ4n) is 2.10. The number of aromatic hydroxyl groups is 2. The Balaban J connectivity index is 1.96. The van der Waals surface area contributed by atoms with Crippen LogP contribution < -0.4 is 9.47 Å². The molecule has 0 bridgehead atoms. The first kappa shape index (κ1) is 20.7. The quantitative estimate of drug-likeness (QED) is 0.697. The topological polar surface area (TPSA) is 93.1 Å². The van der Waals surface area contributed by atoms with Gasteiger partial charge < -0.3 is 19.7 Å². The minimum Gasteiger partial charge on any atom is -0.504 e. The number of hydrogen-bond donors (Lipinski definition) is 2. The molecule has 0 aromatic heterocycles. The molecule has 27 heavy (non-hydrogen) atoms. The molecule has 0 fully saturated rings. The van der Waals surface area contributed by atoms with E-state index in [0.29, 0.717) is 22.6 Å². The van der Waals surface area contributed by atoms with Crippen LogP contribution in [0.4, 0.5) is 0 Å². The van der Waals surface area contributed by atoms with Crippen molar-refractivity contribution >= 4 is 33.8 Å². The first-order valence-corrected chi connectivity index (χ1v) is 10.5. The van der Waals surface area contributed by atoms with Crippen molar-refractivity contribution in [3.63, 3.8) is 0 Å². The number of hydrogen-bond acceptors (Lipinski definition) is 6. The molecule has 0 heterocycles. The highest BCUT2D eigenvalue weighted by molar-refractivity contribution is 8.04. The normalized spacial score (nSPS) is 13.7. The van der Waals surface area contributed by atoms with E-state index in [1.54, 1.807) is 36.4 Å². The monoisotopic (exact) mass is 408 g/mol. The van der Waals surface area contributed by atoms with Crippen molar-refractivity contribution in [3.8, 4) is 23.0 Å². The second kappa shape index (κ2) is 9.94. The first-order chi connectivity index (χ1) is 12.9. The number of rotatable bonds is 8. The first-order valence-electron chi connectivity index (χ1n) is 7.77. The van der Waals surface area contributed by atoms with Gasteiger partial charge in [0.05, 0.1) is 35.8 Å². The van der Waals surface area contributed by atoms with Crippen LogP contribution >= 0.6 is 0 Å². The molecule has 0 aliphatic carbocycles. The fraction of sp³-hybridized carbons (Fsp3) is 0.158. The molecule has 0 amide bonds. The van der Waals surface area contributed by atoms with E-state index in [-0.39, 0.29) is 16.6 Å². The van der Waals surface area contributed by atoms with Gasteiger partial charge in [0.2, 0.25) is 0 Å². The predicted molar refractivity (Wildman–Crippen MR) is 109 cm³/mol. The molecule has 2 unspecified atom stereocenters. The van der Waals surface area contributed by atoms with Gasteiger partial charge in [0.25, 0.3) is 0 Å². The van der Waals surface area contributed by atoms with Gasteiger partial charge in [-0.15, -0.1) is 0 Å². The lowest BCUT2D eigenvalue weighted by Crippen LogP contribution is -1.98. The lowest BCUT2D eigenvalue weighted by atomic mass is 10.2. The minimum atomic E-state index is -1.43. The smallest absolute Gasteiger partial charge is 0.161 e. The highest BCUT2D eigenvalue weighted by atomic mass is 32.2. The standard InChI is InChI=1S/C19H20O6S2/c1-24-18-11-14(3-5-16(18)20)7-9-26(22)13-27(23)10-8-15-4-6-17(21)19(12-15)25-2/h3-12,20-21H,13H2,1-2H3/b9-7-,10-8+. The predicted octanol–water partition coefficient (Wildman–Crippen LogP) is 3.21. The van der Waals surface area contributed by atoms with E-state index >= 15 is 0 Å².